The molecule has 0 atom stereocenters. The van der Waals surface area contributed by atoms with Gasteiger partial charge in [0.2, 0.25) is 0 Å². The second kappa shape index (κ2) is 5.17. The average Bonchev–Trinajstić information content (AvgIpc) is 2.46. The van der Waals surface area contributed by atoms with Gasteiger partial charge < -0.3 is 0 Å². The number of aromatic nitrogens is 1. The van der Waals surface area contributed by atoms with Crippen molar-refractivity contribution in [3.63, 3.8) is 0 Å². The van der Waals surface area contributed by atoms with E-state index in [9.17, 15) is 0 Å². The van der Waals surface area contributed by atoms with Crippen molar-refractivity contribution >= 4 is 10.8 Å². The van der Waals surface area contributed by atoms with Gasteiger partial charge in [-0.05, 0) is 58.2 Å². The van der Waals surface area contributed by atoms with E-state index >= 15 is 0 Å². The largest absolute Gasteiger partial charge is 0.298 e. The van der Waals surface area contributed by atoms with Crippen molar-refractivity contribution in [3.8, 4) is 0 Å². The van der Waals surface area contributed by atoms with Crippen LogP contribution >= 0.6 is 0 Å². The fourth-order valence-electron chi connectivity index (χ4n) is 3.29. The smallest absolute Gasteiger partial charge is 0.0513 e. The van der Waals surface area contributed by atoms with E-state index in [0.717, 1.165) is 0 Å². The minimum Gasteiger partial charge on any atom is -0.298 e. The minimum absolute atomic E-state index is 0.289. The lowest BCUT2D eigenvalue weighted by atomic mass is 9.88. The first kappa shape index (κ1) is 13.6. The Morgan fingerprint density at radius 3 is 2.45 bits per heavy atom. The van der Waals surface area contributed by atoms with Crippen molar-refractivity contribution < 1.29 is 0 Å². The second-order valence-corrected chi connectivity index (χ2v) is 6.85. The topological polar surface area (TPSA) is 16.1 Å². The van der Waals surface area contributed by atoms with E-state index in [1.54, 1.807) is 0 Å². The highest BCUT2D eigenvalue weighted by molar-refractivity contribution is 5.84. The maximum atomic E-state index is 4.70. The molecule has 3 rings (SSSR count). The van der Waals surface area contributed by atoms with Gasteiger partial charge in [-0.1, -0.05) is 24.3 Å². The van der Waals surface area contributed by atoms with Crippen molar-refractivity contribution in [2.75, 3.05) is 13.1 Å². The maximum absolute atomic E-state index is 4.70. The van der Waals surface area contributed by atoms with Gasteiger partial charge >= 0.3 is 0 Å². The summed E-state index contributed by atoms with van der Waals surface area (Å²) in [6.45, 7) is 9.29. The molecular formula is C18H24N2. The third kappa shape index (κ3) is 2.57. The first-order valence-corrected chi connectivity index (χ1v) is 7.64. The Balaban J connectivity index is 1.84. The highest BCUT2D eigenvalue weighted by atomic mass is 15.2. The molecule has 1 aliphatic rings. The summed E-state index contributed by atoms with van der Waals surface area (Å²) in [5.74, 6) is 0.611. The average molecular weight is 268 g/mol. The molecule has 1 saturated heterocycles. The van der Waals surface area contributed by atoms with Gasteiger partial charge in [0.15, 0.2) is 0 Å². The van der Waals surface area contributed by atoms with Crippen LogP contribution in [0.1, 0.15) is 45.2 Å². The number of likely N-dealkylation sites (tertiary alicyclic amines) is 1. The SMILES string of the molecule is CC(C)(C)N1CCC(c2nccc3ccccc23)CC1. The Hall–Kier alpha value is -1.41. The van der Waals surface area contributed by atoms with Crippen molar-refractivity contribution in [2.24, 2.45) is 0 Å². The molecule has 0 aliphatic carbocycles. The molecule has 0 radical (unpaired) electrons. The van der Waals surface area contributed by atoms with Crippen LogP contribution in [0.25, 0.3) is 10.8 Å². The predicted octanol–water partition coefficient (Wildman–Crippen LogP) is 4.21. The van der Waals surface area contributed by atoms with Gasteiger partial charge in [0.1, 0.15) is 0 Å². The highest BCUT2D eigenvalue weighted by Crippen LogP contribution is 2.33. The zero-order chi connectivity index (χ0) is 14.2. The summed E-state index contributed by atoms with van der Waals surface area (Å²) in [4.78, 5) is 7.29. The van der Waals surface area contributed by atoms with Crippen LogP contribution in [-0.4, -0.2) is 28.5 Å². The van der Waals surface area contributed by atoms with Crippen molar-refractivity contribution in [1.29, 1.82) is 0 Å². The van der Waals surface area contributed by atoms with E-state index < -0.39 is 0 Å². The van der Waals surface area contributed by atoms with E-state index in [-0.39, 0.29) is 5.54 Å². The molecule has 0 unspecified atom stereocenters. The van der Waals surface area contributed by atoms with E-state index in [0.29, 0.717) is 5.92 Å². The first-order valence-electron chi connectivity index (χ1n) is 7.64. The van der Waals surface area contributed by atoms with Gasteiger partial charge in [-0.15, -0.1) is 0 Å². The molecule has 2 nitrogen and oxygen atoms in total. The molecule has 2 heteroatoms. The summed E-state index contributed by atoms with van der Waals surface area (Å²) in [7, 11) is 0. The van der Waals surface area contributed by atoms with Crippen LogP contribution in [0, 0.1) is 0 Å². The molecule has 106 valence electrons. The number of nitrogens with zero attached hydrogens (tertiary/aromatic N) is 2. The van der Waals surface area contributed by atoms with Gasteiger partial charge in [0.25, 0.3) is 0 Å². The summed E-state index contributed by atoms with van der Waals surface area (Å²) in [5.41, 5.74) is 1.59. The second-order valence-electron chi connectivity index (χ2n) is 6.85. The van der Waals surface area contributed by atoms with Crippen molar-refractivity contribution in [1.82, 2.24) is 9.88 Å². The van der Waals surface area contributed by atoms with Crippen LogP contribution in [0.15, 0.2) is 36.5 Å². The van der Waals surface area contributed by atoms with Crippen LogP contribution in [0.5, 0.6) is 0 Å². The Morgan fingerprint density at radius 1 is 1.05 bits per heavy atom. The van der Waals surface area contributed by atoms with Crippen LogP contribution in [0.3, 0.4) is 0 Å². The Labute approximate surface area is 121 Å². The molecule has 0 bridgehead atoms. The van der Waals surface area contributed by atoms with Crippen LogP contribution in [0.2, 0.25) is 0 Å². The Morgan fingerprint density at radius 2 is 1.75 bits per heavy atom. The first-order chi connectivity index (χ1) is 9.55. The van der Waals surface area contributed by atoms with Gasteiger partial charge in [-0.3, -0.25) is 9.88 Å². The normalized spacial score (nSPS) is 18.6. The molecule has 0 spiro atoms. The van der Waals surface area contributed by atoms with Gasteiger partial charge in [-0.2, -0.15) is 0 Å². The van der Waals surface area contributed by atoms with E-state index in [1.165, 1.54) is 42.4 Å². The molecule has 1 aliphatic heterocycles. The van der Waals surface area contributed by atoms with Gasteiger partial charge in [0, 0.05) is 23.0 Å². The van der Waals surface area contributed by atoms with Crippen molar-refractivity contribution in [2.45, 2.75) is 45.1 Å². The molecule has 1 aromatic carbocycles. The number of benzene rings is 1. The van der Waals surface area contributed by atoms with E-state index in [2.05, 4.69) is 56.0 Å². The maximum Gasteiger partial charge on any atom is 0.0513 e. The fraction of sp³-hybridized carbons (Fsp3) is 0.500. The molecule has 1 fully saturated rings. The fourth-order valence-corrected chi connectivity index (χ4v) is 3.29. The summed E-state index contributed by atoms with van der Waals surface area (Å²) < 4.78 is 0. The van der Waals surface area contributed by atoms with E-state index in [4.69, 9.17) is 4.98 Å². The van der Waals surface area contributed by atoms with Gasteiger partial charge in [0.05, 0.1) is 5.69 Å². The Kier molecular flexibility index (Phi) is 3.51. The summed E-state index contributed by atoms with van der Waals surface area (Å²) in [6.07, 6.45) is 4.41. The van der Waals surface area contributed by atoms with Crippen LogP contribution in [0.4, 0.5) is 0 Å². The quantitative estimate of drug-likeness (QED) is 0.770. The van der Waals surface area contributed by atoms with Crippen LogP contribution in [-0.2, 0) is 0 Å². The number of hydrogen-bond acceptors (Lipinski definition) is 2. The lowest BCUT2D eigenvalue weighted by Crippen LogP contribution is -2.45. The van der Waals surface area contributed by atoms with Crippen LogP contribution < -0.4 is 0 Å². The molecular weight excluding hydrogens is 244 g/mol. The number of piperidine rings is 1. The summed E-state index contributed by atoms with van der Waals surface area (Å²) >= 11 is 0. The number of rotatable bonds is 1. The van der Waals surface area contributed by atoms with Gasteiger partial charge in [-0.25, -0.2) is 0 Å². The summed E-state index contributed by atoms with van der Waals surface area (Å²) in [5, 5.41) is 2.65. The molecule has 2 aromatic rings. The predicted molar refractivity (Wildman–Crippen MR) is 85.0 cm³/mol. The molecule has 0 saturated carbocycles. The molecule has 2 heterocycles. The zero-order valence-electron chi connectivity index (χ0n) is 12.8. The highest BCUT2D eigenvalue weighted by Gasteiger charge is 2.28. The molecule has 0 N–H and O–H groups in total. The minimum atomic E-state index is 0.289. The monoisotopic (exact) mass is 268 g/mol. The third-order valence-electron chi connectivity index (χ3n) is 4.53. The number of pyridine rings is 1. The summed E-state index contributed by atoms with van der Waals surface area (Å²) in [6, 6.07) is 10.7. The standard InChI is InChI=1S/C18H24N2/c1-18(2,3)20-12-9-15(10-13-20)17-16-7-5-4-6-14(16)8-11-19-17/h4-8,11,15H,9-10,12-13H2,1-3H3. The third-order valence-corrected chi connectivity index (χ3v) is 4.53. The lowest BCUT2D eigenvalue weighted by Gasteiger charge is -2.40. The molecule has 20 heavy (non-hydrogen) atoms. The number of fused-ring (bicyclic) bond motifs is 1. The zero-order valence-corrected chi connectivity index (χ0v) is 12.8. The number of hydrogen-bond donors (Lipinski definition) is 0. The van der Waals surface area contributed by atoms with Crippen molar-refractivity contribution in [3.05, 3.63) is 42.2 Å². The Bertz CT molecular complexity index is 584. The lowest BCUT2D eigenvalue weighted by molar-refractivity contribution is 0.102. The molecule has 0 amide bonds. The van der Waals surface area contributed by atoms with E-state index in [1.807, 2.05) is 6.20 Å². The molecule has 1 aromatic heterocycles.